The van der Waals surface area contributed by atoms with Gasteiger partial charge in [-0.3, -0.25) is 11.3 Å². The molecule has 0 saturated carbocycles. The number of thiophene rings is 1. The van der Waals surface area contributed by atoms with Gasteiger partial charge in [-0.1, -0.05) is 0 Å². The minimum absolute atomic E-state index is 0.380. The number of nitrogens with zero attached hydrogens (tertiary/aromatic N) is 1. The first-order valence-corrected chi connectivity index (χ1v) is 5.78. The van der Waals surface area contributed by atoms with E-state index in [9.17, 15) is 0 Å². The Hall–Kier alpha value is -0.420. The molecule has 0 radical (unpaired) electrons. The van der Waals surface area contributed by atoms with Gasteiger partial charge in [-0.2, -0.15) is 11.3 Å². The van der Waals surface area contributed by atoms with Crippen LogP contribution in [-0.4, -0.2) is 31.6 Å². The monoisotopic (exact) mass is 213 g/mol. The van der Waals surface area contributed by atoms with Crippen LogP contribution >= 0.6 is 11.3 Å². The van der Waals surface area contributed by atoms with Crippen molar-refractivity contribution < 1.29 is 0 Å². The highest BCUT2D eigenvalue weighted by Crippen LogP contribution is 2.09. The number of aryl methyl sites for hydroxylation is 1. The van der Waals surface area contributed by atoms with Crippen molar-refractivity contribution in [3.63, 3.8) is 0 Å². The molecule has 80 valence electrons. The van der Waals surface area contributed by atoms with Crippen LogP contribution in [-0.2, 0) is 6.42 Å². The molecule has 3 N–H and O–H groups in total. The number of nitrogens with two attached hydrogens (primary N) is 1. The molecule has 14 heavy (non-hydrogen) atoms. The fourth-order valence-corrected chi connectivity index (χ4v) is 2.15. The third-order valence-electron chi connectivity index (χ3n) is 2.18. The summed E-state index contributed by atoms with van der Waals surface area (Å²) in [6, 6.07) is 2.55. The van der Waals surface area contributed by atoms with Gasteiger partial charge in [0.1, 0.15) is 0 Å². The lowest BCUT2D eigenvalue weighted by Crippen LogP contribution is -2.42. The summed E-state index contributed by atoms with van der Waals surface area (Å²) < 4.78 is 0. The molecule has 0 aliphatic heterocycles. The van der Waals surface area contributed by atoms with E-state index in [1.165, 1.54) is 5.56 Å². The number of hydrazine groups is 1. The lowest BCUT2D eigenvalue weighted by atomic mass is 10.1. The molecule has 0 spiro atoms. The van der Waals surface area contributed by atoms with Crippen molar-refractivity contribution >= 4 is 11.3 Å². The molecule has 1 unspecified atom stereocenters. The first kappa shape index (κ1) is 11.7. The third kappa shape index (κ3) is 4.19. The van der Waals surface area contributed by atoms with Gasteiger partial charge < -0.3 is 4.90 Å². The Bertz CT molecular complexity index is 234. The van der Waals surface area contributed by atoms with Crippen molar-refractivity contribution in [3.8, 4) is 0 Å². The van der Waals surface area contributed by atoms with E-state index < -0.39 is 0 Å². The number of likely N-dealkylation sites (N-methyl/N-ethyl adjacent to an activating group) is 1. The van der Waals surface area contributed by atoms with E-state index in [1.54, 1.807) is 11.3 Å². The van der Waals surface area contributed by atoms with Gasteiger partial charge in [0.05, 0.1) is 0 Å². The number of rotatable bonds is 6. The van der Waals surface area contributed by atoms with Gasteiger partial charge in [0.15, 0.2) is 0 Å². The van der Waals surface area contributed by atoms with Crippen molar-refractivity contribution in [2.75, 3.05) is 20.6 Å². The minimum atomic E-state index is 0.380. The summed E-state index contributed by atoms with van der Waals surface area (Å²) in [6.45, 7) is 0.987. The molecule has 0 amide bonds. The van der Waals surface area contributed by atoms with Gasteiger partial charge in [-0.05, 0) is 49.3 Å². The van der Waals surface area contributed by atoms with Crippen LogP contribution in [0, 0.1) is 0 Å². The Morgan fingerprint density at radius 1 is 1.57 bits per heavy atom. The molecule has 0 bridgehead atoms. The van der Waals surface area contributed by atoms with Crippen LogP contribution in [0.3, 0.4) is 0 Å². The first-order valence-electron chi connectivity index (χ1n) is 4.84. The molecule has 3 nitrogen and oxygen atoms in total. The van der Waals surface area contributed by atoms with Gasteiger partial charge in [0.2, 0.25) is 0 Å². The number of nitrogens with one attached hydrogen (secondary N) is 1. The Morgan fingerprint density at radius 2 is 2.36 bits per heavy atom. The summed E-state index contributed by atoms with van der Waals surface area (Å²) in [6.07, 6.45) is 2.19. The van der Waals surface area contributed by atoms with Crippen molar-refractivity contribution in [2.45, 2.75) is 18.9 Å². The topological polar surface area (TPSA) is 41.3 Å². The van der Waals surface area contributed by atoms with Crippen LogP contribution in [0.1, 0.15) is 12.0 Å². The van der Waals surface area contributed by atoms with E-state index in [0.717, 1.165) is 19.4 Å². The van der Waals surface area contributed by atoms with Crippen LogP contribution in [0.15, 0.2) is 16.8 Å². The Labute approximate surface area is 89.9 Å². The van der Waals surface area contributed by atoms with Gasteiger partial charge in [0, 0.05) is 12.6 Å². The quantitative estimate of drug-likeness (QED) is 0.549. The minimum Gasteiger partial charge on any atom is -0.308 e. The molecule has 1 rings (SSSR count). The lowest BCUT2D eigenvalue weighted by Gasteiger charge is -2.19. The SMILES string of the molecule is CN(C)CC(CCc1ccsc1)NN. The normalized spacial score (nSPS) is 13.4. The van der Waals surface area contributed by atoms with E-state index in [-0.39, 0.29) is 0 Å². The van der Waals surface area contributed by atoms with Crippen LogP contribution in [0.25, 0.3) is 0 Å². The highest BCUT2D eigenvalue weighted by atomic mass is 32.1. The summed E-state index contributed by atoms with van der Waals surface area (Å²) in [5.41, 5.74) is 4.27. The molecule has 4 heteroatoms. The van der Waals surface area contributed by atoms with E-state index in [0.29, 0.717) is 6.04 Å². The predicted molar refractivity (Wildman–Crippen MR) is 62.3 cm³/mol. The zero-order valence-corrected chi connectivity index (χ0v) is 9.68. The molecule has 1 atom stereocenters. The molecular weight excluding hydrogens is 194 g/mol. The second-order valence-electron chi connectivity index (χ2n) is 3.80. The maximum Gasteiger partial charge on any atom is 0.0340 e. The van der Waals surface area contributed by atoms with E-state index in [4.69, 9.17) is 5.84 Å². The van der Waals surface area contributed by atoms with Crippen LogP contribution in [0.4, 0.5) is 0 Å². The summed E-state index contributed by atoms with van der Waals surface area (Å²) in [4.78, 5) is 2.15. The van der Waals surface area contributed by atoms with Gasteiger partial charge >= 0.3 is 0 Å². The van der Waals surface area contributed by atoms with Crippen molar-refractivity contribution in [1.29, 1.82) is 0 Å². The van der Waals surface area contributed by atoms with Crippen molar-refractivity contribution in [3.05, 3.63) is 22.4 Å². The van der Waals surface area contributed by atoms with Crippen LogP contribution in [0.2, 0.25) is 0 Å². The maximum atomic E-state index is 5.49. The zero-order valence-electron chi connectivity index (χ0n) is 8.86. The second-order valence-corrected chi connectivity index (χ2v) is 4.58. The Balaban J connectivity index is 2.27. The highest BCUT2D eigenvalue weighted by molar-refractivity contribution is 7.07. The number of hydrogen-bond acceptors (Lipinski definition) is 4. The first-order chi connectivity index (χ1) is 6.72. The predicted octanol–water partition coefficient (Wildman–Crippen LogP) is 1.07. The largest absolute Gasteiger partial charge is 0.308 e. The lowest BCUT2D eigenvalue weighted by molar-refractivity contribution is 0.329. The third-order valence-corrected chi connectivity index (χ3v) is 2.91. The van der Waals surface area contributed by atoms with Crippen molar-refractivity contribution in [1.82, 2.24) is 10.3 Å². The molecule has 0 saturated heterocycles. The van der Waals surface area contributed by atoms with Gasteiger partial charge in [-0.25, -0.2) is 0 Å². The standard InChI is InChI=1S/C10H19N3S/c1-13(2)7-10(12-11)4-3-9-5-6-14-8-9/h5-6,8,10,12H,3-4,7,11H2,1-2H3. The highest BCUT2D eigenvalue weighted by Gasteiger charge is 2.07. The summed E-state index contributed by atoms with van der Waals surface area (Å²) >= 11 is 1.75. The number of hydrogen-bond donors (Lipinski definition) is 2. The average molecular weight is 213 g/mol. The van der Waals surface area contributed by atoms with Crippen molar-refractivity contribution in [2.24, 2.45) is 5.84 Å². The summed E-state index contributed by atoms with van der Waals surface area (Å²) in [5, 5.41) is 4.31. The molecule has 0 aliphatic rings. The summed E-state index contributed by atoms with van der Waals surface area (Å²) in [7, 11) is 4.13. The Kier molecular flexibility index (Phi) is 5.11. The molecule has 0 fully saturated rings. The molecule has 1 aromatic rings. The smallest absolute Gasteiger partial charge is 0.0340 e. The molecular formula is C10H19N3S. The van der Waals surface area contributed by atoms with E-state index >= 15 is 0 Å². The molecule has 1 aromatic heterocycles. The average Bonchev–Trinajstić information content (AvgIpc) is 2.64. The fourth-order valence-electron chi connectivity index (χ4n) is 1.44. The summed E-state index contributed by atoms with van der Waals surface area (Å²) in [5.74, 6) is 5.49. The molecule has 0 aromatic carbocycles. The van der Waals surface area contributed by atoms with E-state index in [2.05, 4.69) is 41.2 Å². The molecule has 1 heterocycles. The fraction of sp³-hybridized carbons (Fsp3) is 0.600. The second kappa shape index (κ2) is 6.14. The Morgan fingerprint density at radius 3 is 2.86 bits per heavy atom. The van der Waals surface area contributed by atoms with Crippen LogP contribution in [0.5, 0.6) is 0 Å². The van der Waals surface area contributed by atoms with Gasteiger partial charge in [0.25, 0.3) is 0 Å². The molecule has 0 aliphatic carbocycles. The zero-order chi connectivity index (χ0) is 10.4. The van der Waals surface area contributed by atoms with Crippen LogP contribution < -0.4 is 11.3 Å². The van der Waals surface area contributed by atoms with Gasteiger partial charge in [-0.15, -0.1) is 0 Å². The van der Waals surface area contributed by atoms with E-state index in [1.807, 2.05) is 0 Å². The maximum absolute atomic E-state index is 5.49.